The van der Waals surface area contributed by atoms with Crippen molar-refractivity contribution in [3.8, 4) is 16.9 Å². The molecular weight excluding hydrogens is 698 g/mol. The number of nitrogens with one attached hydrogen (secondary N) is 2. The minimum absolute atomic E-state index is 0.248. The molecule has 0 unspecified atom stereocenters. The Balaban J connectivity index is 1.27. The summed E-state index contributed by atoms with van der Waals surface area (Å²) in [6.45, 7) is 5.33. The van der Waals surface area contributed by atoms with Crippen LogP contribution in [0, 0.1) is 0 Å². The first-order valence-electron chi connectivity index (χ1n) is 15.7. The van der Waals surface area contributed by atoms with E-state index in [0.29, 0.717) is 62.8 Å². The smallest absolute Gasteiger partial charge is 0.229 e. The van der Waals surface area contributed by atoms with E-state index in [4.69, 9.17) is 9.72 Å². The highest BCUT2D eigenvalue weighted by molar-refractivity contribution is 9.10. The van der Waals surface area contributed by atoms with Crippen LogP contribution >= 0.6 is 23.1 Å². The lowest BCUT2D eigenvalue weighted by Crippen LogP contribution is -2.52. The van der Waals surface area contributed by atoms with Crippen LogP contribution in [0.4, 0.5) is 33.2 Å². The molecule has 7 rings (SSSR count). The molecule has 0 bridgehead atoms. The lowest BCUT2D eigenvalue weighted by Gasteiger charge is -2.41. The van der Waals surface area contributed by atoms with Gasteiger partial charge in [-0.25, -0.2) is 9.37 Å². The number of halogens is 2. The molecule has 0 radical (unpaired) electrons. The summed E-state index contributed by atoms with van der Waals surface area (Å²) < 4.78 is 37.5. The summed E-state index contributed by atoms with van der Waals surface area (Å²) in [4.78, 5) is 22.5. The maximum absolute atomic E-state index is 15.6. The van der Waals surface area contributed by atoms with Crippen LogP contribution in [0.5, 0.6) is 5.75 Å². The fourth-order valence-corrected chi connectivity index (χ4v) is 8.47. The van der Waals surface area contributed by atoms with Crippen LogP contribution < -0.4 is 25.6 Å². The molecule has 2 N–H and O–H groups in total. The summed E-state index contributed by atoms with van der Waals surface area (Å²) in [5, 5.41) is 11.9. The van der Waals surface area contributed by atoms with E-state index in [1.807, 2.05) is 54.1 Å². The van der Waals surface area contributed by atoms with Crippen molar-refractivity contribution in [3.05, 3.63) is 59.2 Å². The third-order valence-corrected chi connectivity index (χ3v) is 11.2. The second kappa shape index (κ2) is 12.7. The predicted molar refractivity (Wildman–Crippen MR) is 192 cm³/mol. The number of nitrogens with zero attached hydrogens (tertiary/aromatic N) is 8. The number of aryl methyl sites for hydroxylation is 1. The largest absolute Gasteiger partial charge is 0.494 e. The molecule has 1 saturated heterocycles. The zero-order valence-corrected chi connectivity index (χ0v) is 29.9. The number of piperidine rings is 1. The third-order valence-electron chi connectivity index (χ3n) is 9.07. The molecule has 1 fully saturated rings. The van der Waals surface area contributed by atoms with Crippen LogP contribution in [0.3, 0.4) is 0 Å². The number of alkyl halides is 1. The Morgan fingerprint density at radius 2 is 1.83 bits per heavy atom. The number of likely N-dealkylation sites (tertiary alicyclic amines) is 1. The summed E-state index contributed by atoms with van der Waals surface area (Å²) in [5.41, 5.74) is 6.44. The van der Waals surface area contributed by atoms with Gasteiger partial charge in [-0.2, -0.15) is 10.1 Å². The van der Waals surface area contributed by atoms with Crippen LogP contribution in [0.1, 0.15) is 12.1 Å². The molecular formula is C33H37BrFN10O2P. The highest BCUT2D eigenvalue weighted by atomic mass is 79.9. The van der Waals surface area contributed by atoms with Crippen LogP contribution in [0.25, 0.3) is 22.2 Å². The molecule has 48 heavy (non-hydrogen) atoms. The van der Waals surface area contributed by atoms with Gasteiger partial charge in [0.15, 0.2) is 0 Å². The molecule has 12 nitrogen and oxygen atoms in total. The van der Waals surface area contributed by atoms with E-state index in [2.05, 4.69) is 51.5 Å². The maximum Gasteiger partial charge on any atom is 0.229 e. The van der Waals surface area contributed by atoms with Gasteiger partial charge in [0.1, 0.15) is 30.4 Å². The normalized spacial score (nSPS) is 18.3. The first-order valence-corrected chi connectivity index (χ1v) is 19.1. The van der Waals surface area contributed by atoms with Crippen molar-refractivity contribution in [3.63, 3.8) is 0 Å². The molecule has 5 aromatic rings. The minimum atomic E-state index is -2.79. The Morgan fingerprint density at radius 1 is 1.02 bits per heavy atom. The van der Waals surface area contributed by atoms with Gasteiger partial charge in [0, 0.05) is 80.3 Å². The minimum Gasteiger partial charge on any atom is -0.494 e. The summed E-state index contributed by atoms with van der Waals surface area (Å²) in [6, 6.07) is 7.42. The summed E-state index contributed by atoms with van der Waals surface area (Å²) in [5.74, 6) is 1.35. The van der Waals surface area contributed by atoms with Gasteiger partial charge in [-0.1, -0.05) is 0 Å². The van der Waals surface area contributed by atoms with Crippen molar-refractivity contribution in [2.75, 3.05) is 62.7 Å². The lowest BCUT2D eigenvalue weighted by molar-refractivity contribution is 0.136. The first kappa shape index (κ1) is 32.4. The monoisotopic (exact) mass is 734 g/mol. The number of rotatable bonds is 7. The number of ether oxygens (including phenoxy) is 1. The van der Waals surface area contributed by atoms with E-state index in [0.717, 1.165) is 41.9 Å². The highest BCUT2D eigenvalue weighted by Crippen LogP contribution is 2.45. The topological polar surface area (TPSA) is 126 Å². The number of anilines is 5. The van der Waals surface area contributed by atoms with E-state index in [9.17, 15) is 4.57 Å². The maximum atomic E-state index is 15.6. The first-order chi connectivity index (χ1) is 23.0. The van der Waals surface area contributed by atoms with Gasteiger partial charge in [-0.15, -0.1) is 0 Å². The van der Waals surface area contributed by atoms with Crippen molar-refractivity contribution < 1.29 is 13.7 Å². The SMILES string of the molecule is COc1cc2c(cc1Nc1ncc(Br)c(Nc3ccc4nccnc4c3P(C)(C)=O)n1)-c1cnn(C)c1CCN2[C@@H]1CCN(C)C[C@H]1F. The Hall–Kier alpha value is -4.13. The molecule has 2 atom stereocenters. The van der Waals surface area contributed by atoms with Crippen LogP contribution in [0.15, 0.2) is 53.5 Å². The van der Waals surface area contributed by atoms with Crippen molar-refractivity contribution >= 4 is 68.2 Å². The fourth-order valence-electron chi connectivity index (χ4n) is 6.79. The van der Waals surface area contributed by atoms with E-state index >= 15 is 4.39 Å². The standard InChI is InChI=1S/C33H37BrFN10O2P/c1-43-12-8-27(22(35)18-43)45-13-9-26-20(16-39-44(26)2)19-14-25(29(47-3)15-28(19)45)41-33-38-17-21(34)32(42-33)40-24-7-6-23-30(37-11-10-36-23)31(24)48(4,5)46/h6-7,10-11,14-17,22,27H,8-9,12-13,18H2,1-5H3,(H2,38,40,41,42)/t22-,27-/m1/s1. The number of fused-ring (bicyclic) bond motifs is 4. The fraction of sp³-hybridized carbons (Fsp3) is 0.364. The number of hydrogen-bond acceptors (Lipinski definition) is 11. The van der Waals surface area contributed by atoms with Crippen LogP contribution in [0.2, 0.25) is 0 Å². The van der Waals surface area contributed by atoms with Gasteiger partial charge in [-0.05, 0) is 60.9 Å². The molecule has 2 aromatic carbocycles. The number of benzene rings is 2. The van der Waals surface area contributed by atoms with E-state index in [1.165, 1.54) is 0 Å². The number of methoxy groups -OCH3 is 1. The molecule has 5 heterocycles. The Bertz CT molecular complexity index is 2070. The molecule has 0 amide bonds. The van der Waals surface area contributed by atoms with Crippen molar-refractivity contribution in [2.24, 2.45) is 7.05 Å². The number of aromatic nitrogens is 6. The van der Waals surface area contributed by atoms with Gasteiger partial charge in [0.2, 0.25) is 5.95 Å². The van der Waals surface area contributed by atoms with E-state index in [-0.39, 0.29) is 6.04 Å². The van der Waals surface area contributed by atoms with Gasteiger partial charge >= 0.3 is 0 Å². The van der Waals surface area contributed by atoms with Gasteiger partial charge in [-0.3, -0.25) is 14.6 Å². The van der Waals surface area contributed by atoms with Crippen molar-refractivity contribution in [1.29, 1.82) is 0 Å². The van der Waals surface area contributed by atoms with E-state index < -0.39 is 13.3 Å². The van der Waals surface area contributed by atoms with Gasteiger partial charge in [0.25, 0.3) is 0 Å². The van der Waals surface area contributed by atoms with E-state index in [1.54, 1.807) is 39.0 Å². The van der Waals surface area contributed by atoms with Crippen LogP contribution in [-0.4, -0.2) is 94.0 Å². The van der Waals surface area contributed by atoms with Crippen molar-refractivity contribution in [2.45, 2.75) is 25.1 Å². The zero-order valence-electron chi connectivity index (χ0n) is 27.4. The average Bonchev–Trinajstić information content (AvgIpc) is 3.34. The molecule has 0 saturated carbocycles. The molecule has 250 valence electrons. The predicted octanol–water partition coefficient (Wildman–Crippen LogP) is 5.73. The highest BCUT2D eigenvalue weighted by Gasteiger charge is 2.36. The van der Waals surface area contributed by atoms with Crippen molar-refractivity contribution in [1.82, 2.24) is 34.6 Å². The summed E-state index contributed by atoms with van der Waals surface area (Å²) in [6.07, 6.45) is 7.22. The number of hydrogen-bond donors (Lipinski definition) is 2. The molecule has 2 aliphatic rings. The van der Waals surface area contributed by atoms with Gasteiger partial charge < -0.3 is 29.7 Å². The second-order valence-electron chi connectivity index (χ2n) is 12.7. The second-order valence-corrected chi connectivity index (χ2v) is 16.7. The molecule has 0 spiro atoms. The Morgan fingerprint density at radius 3 is 2.60 bits per heavy atom. The Labute approximate surface area is 286 Å². The third kappa shape index (κ3) is 6.01. The summed E-state index contributed by atoms with van der Waals surface area (Å²) in [7, 11) is 2.74. The zero-order chi connectivity index (χ0) is 33.7. The molecule has 2 aliphatic heterocycles. The van der Waals surface area contributed by atoms with Crippen LogP contribution in [-0.2, 0) is 18.0 Å². The quantitative estimate of drug-likeness (QED) is 0.199. The molecule has 3 aromatic heterocycles. The lowest BCUT2D eigenvalue weighted by atomic mass is 9.98. The van der Waals surface area contributed by atoms with Gasteiger partial charge in [0.05, 0.1) is 46.0 Å². The average molecular weight is 736 g/mol. The molecule has 0 aliphatic carbocycles. The Kier molecular flexibility index (Phi) is 8.59. The summed E-state index contributed by atoms with van der Waals surface area (Å²) >= 11 is 3.57. The molecule has 15 heteroatoms.